The minimum atomic E-state index is -0.416. The van der Waals surface area contributed by atoms with Crippen LogP contribution in [0.1, 0.15) is 28.6 Å². The van der Waals surface area contributed by atoms with Gasteiger partial charge >= 0.3 is 5.97 Å². The molecule has 3 rings (SSSR count). The molecule has 0 fully saturated rings. The standard InChI is InChI=1S/C21H19Cl2NO4S/c1-3-27-18(25)11-29-10-14-12(2)28-20-13(14)6-4-9-17(20)24-21(26)19-15(22)7-5-8-16(19)23/h4-9H,3,10-11H2,1-2H3,(H,24,26). The molecular weight excluding hydrogens is 433 g/mol. The van der Waals surface area contributed by atoms with Crippen LogP contribution in [-0.2, 0) is 15.3 Å². The van der Waals surface area contributed by atoms with Crippen molar-refractivity contribution in [3.63, 3.8) is 0 Å². The number of aryl methyl sites for hydroxylation is 1. The van der Waals surface area contributed by atoms with Gasteiger partial charge in [0.15, 0.2) is 5.58 Å². The van der Waals surface area contributed by atoms with Crippen molar-refractivity contribution < 1.29 is 18.7 Å². The summed E-state index contributed by atoms with van der Waals surface area (Å²) in [6.07, 6.45) is 0. The van der Waals surface area contributed by atoms with Crippen LogP contribution in [0.3, 0.4) is 0 Å². The summed E-state index contributed by atoms with van der Waals surface area (Å²) in [4.78, 5) is 24.3. The molecular formula is C21H19Cl2NO4S. The highest BCUT2D eigenvalue weighted by molar-refractivity contribution is 7.99. The number of benzene rings is 2. The topological polar surface area (TPSA) is 68.5 Å². The first-order valence-electron chi connectivity index (χ1n) is 8.92. The predicted molar refractivity (Wildman–Crippen MR) is 118 cm³/mol. The van der Waals surface area contributed by atoms with Crippen LogP contribution < -0.4 is 5.32 Å². The van der Waals surface area contributed by atoms with Crippen LogP contribution in [-0.4, -0.2) is 24.2 Å². The number of nitrogens with one attached hydrogen (secondary N) is 1. The minimum Gasteiger partial charge on any atom is -0.465 e. The van der Waals surface area contributed by atoms with Crippen molar-refractivity contribution in [3.05, 3.63) is 63.3 Å². The molecule has 1 heterocycles. The number of carbonyl (C=O) groups excluding carboxylic acids is 2. The average Bonchev–Trinajstić information content (AvgIpc) is 2.98. The van der Waals surface area contributed by atoms with E-state index in [1.807, 2.05) is 19.1 Å². The molecule has 0 aliphatic heterocycles. The molecule has 0 unspecified atom stereocenters. The second-order valence-electron chi connectivity index (χ2n) is 6.17. The first kappa shape index (κ1) is 21.6. The van der Waals surface area contributed by atoms with E-state index in [1.165, 1.54) is 11.8 Å². The van der Waals surface area contributed by atoms with Gasteiger partial charge in [0.2, 0.25) is 0 Å². The summed E-state index contributed by atoms with van der Waals surface area (Å²) in [6.45, 7) is 4.00. The molecule has 29 heavy (non-hydrogen) atoms. The van der Waals surface area contributed by atoms with Crippen molar-refractivity contribution in [2.24, 2.45) is 0 Å². The van der Waals surface area contributed by atoms with Gasteiger partial charge in [-0.25, -0.2) is 0 Å². The van der Waals surface area contributed by atoms with Gasteiger partial charge in [0, 0.05) is 16.7 Å². The molecule has 0 aliphatic rings. The highest BCUT2D eigenvalue weighted by atomic mass is 35.5. The number of halogens is 2. The van der Waals surface area contributed by atoms with Gasteiger partial charge in [0.05, 0.1) is 33.7 Å². The van der Waals surface area contributed by atoms with Crippen LogP contribution >= 0.6 is 35.0 Å². The maximum atomic E-state index is 12.7. The summed E-state index contributed by atoms with van der Waals surface area (Å²) in [5.74, 6) is 0.925. The summed E-state index contributed by atoms with van der Waals surface area (Å²) in [6, 6.07) is 10.4. The Bertz CT molecular complexity index is 1040. The number of thioether (sulfide) groups is 1. The van der Waals surface area contributed by atoms with Crippen LogP contribution in [0, 0.1) is 6.92 Å². The number of para-hydroxylation sites is 1. The van der Waals surface area contributed by atoms with Crippen LogP contribution in [0.2, 0.25) is 10.0 Å². The molecule has 0 atom stereocenters. The highest BCUT2D eigenvalue weighted by Gasteiger charge is 2.19. The number of ether oxygens (including phenoxy) is 1. The molecule has 5 nitrogen and oxygen atoms in total. The molecule has 1 aromatic heterocycles. The number of furan rings is 1. The summed E-state index contributed by atoms with van der Waals surface area (Å²) in [5, 5.41) is 4.25. The number of hydrogen-bond acceptors (Lipinski definition) is 5. The lowest BCUT2D eigenvalue weighted by atomic mass is 10.1. The summed E-state index contributed by atoms with van der Waals surface area (Å²) in [5.41, 5.74) is 2.27. The Morgan fingerprint density at radius 3 is 2.52 bits per heavy atom. The van der Waals surface area contributed by atoms with Crippen LogP contribution in [0.15, 0.2) is 40.8 Å². The van der Waals surface area contributed by atoms with Gasteiger partial charge < -0.3 is 14.5 Å². The SMILES string of the molecule is CCOC(=O)CSCc1c(C)oc2c(NC(=O)c3c(Cl)cccc3Cl)cccc12. The number of esters is 1. The number of carbonyl (C=O) groups is 2. The van der Waals surface area contributed by atoms with Gasteiger partial charge in [0.25, 0.3) is 5.91 Å². The average molecular weight is 452 g/mol. The van der Waals surface area contributed by atoms with E-state index in [2.05, 4.69) is 5.32 Å². The van der Waals surface area contributed by atoms with E-state index in [1.54, 1.807) is 31.2 Å². The molecule has 1 amide bonds. The van der Waals surface area contributed by atoms with E-state index in [-0.39, 0.29) is 27.3 Å². The van der Waals surface area contributed by atoms with Crippen LogP contribution in [0.4, 0.5) is 5.69 Å². The molecule has 0 spiro atoms. The Balaban J connectivity index is 1.84. The fourth-order valence-corrected chi connectivity index (χ4v) is 4.39. The first-order chi connectivity index (χ1) is 13.9. The first-order valence-corrected chi connectivity index (χ1v) is 10.8. The summed E-state index contributed by atoms with van der Waals surface area (Å²) >= 11 is 13.7. The number of anilines is 1. The van der Waals surface area contributed by atoms with Crippen LogP contribution in [0.5, 0.6) is 0 Å². The highest BCUT2D eigenvalue weighted by Crippen LogP contribution is 2.34. The maximum Gasteiger partial charge on any atom is 0.315 e. The lowest BCUT2D eigenvalue weighted by molar-refractivity contribution is -0.139. The normalized spacial score (nSPS) is 10.9. The fourth-order valence-electron chi connectivity index (χ4n) is 2.91. The van der Waals surface area contributed by atoms with Gasteiger partial charge in [-0.2, -0.15) is 0 Å². The third-order valence-electron chi connectivity index (χ3n) is 4.23. The zero-order valence-electron chi connectivity index (χ0n) is 15.9. The van der Waals surface area contributed by atoms with Crippen molar-refractivity contribution in [1.29, 1.82) is 0 Å². The number of rotatable bonds is 7. The zero-order valence-corrected chi connectivity index (χ0v) is 18.2. The van der Waals surface area contributed by atoms with Gasteiger partial charge in [-0.15, -0.1) is 11.8 Å². The van der Waals surface area contributed by atoms with Gasteiger partial charge in [-0.1, -0.05) is 41.4 Å². The Kier molecular flexibility index (Phi) is 7.11. The van der Waals surface area contributed by atoms with Crippen molar-refractivity contribution in [2.45, 2.75) is 19.6 Å². The van der Waals surface area contributed by atoms with E-state index >= 15 is 0 Å². The fraction of sp³-hybridized carbons (Fsp3) is 0.238. The predicted octanol–water partition coefficient (Wildman–Crippen LogP) is 6.10. The molecule has 2 aromatic carbocycles. The van der Waals surface area contributed by atoms with Crippen molar-refractivity contribution in [3.8, 4) is 0 Å². The number of amides is 1. The van der Waals surface area contributed by atoms with Gasteiger partial charge in [-0.05, 0) is 32.0 Å². The summed E-state index contributed by atoms with van der Waals surface area (Å²) < 4.78 is 10.9. The number of fused-ring (bicyclic) bond motifs is 1. The molecule has 0 aliphatic carbocycles. The van der Waals surface area contributed by atoms with E-state index in [4.69, 9.17) is 32.4 Å². The smallest absolute Gasteiger partial charge is 0.315 e. The summed E-state index contributed by atoms with van der Waals surface area (Å²) in [7, 11) is 0. The van der Waals surface area contributed by atoms with Crippen molar-refractivity contribution in [1.82, 2.24) is 0 Å². The lowest BCUT2D eigenvalue weighted by Crippen LogP contribution is -2.13. The zero-order chi connectivity index (χ0) is 21.0. The van der Waals surface area contributed by atoms with Gasteiger partial charge in [0.1, 0.15) is 5.76 Å². The van der Waals surface area contributed by atoms with E-state index in [0.717, 1.165) is 16.7 Å². The lowest BCUT2D eigenvalue weighted by Gasteiger charge is -2.09. The molecule has 0 radical (unpaired) electrons. The molecule has 3 aromatic rings. The molecule has 152 valence electrons. The van der Waals surface area contributed by atoms with E-state index < -0.39 is 5.91 Å². The van der Waals surface area contributed by atoms with Crippen molar-refractivity contribution in [2.75, 3.05) is 17.7 Å². The molecule has 1 N–H and O–H groups in total. The Hall–Kier alpha value is -2.15. The Labute approximate surface area is 182 Å². The van der Waals surface area contributed by atoms with Gasteiger partial charge in [-0.3, -0.25) is 9.59 Å². The van der Waals surface area contributed by atoms with Crippen molar-refractivity contribution >= 4 is 63.5 Å². The van der Waals surface area contributed by atoms with E-state index in [9.17, 15) is 9.59 Å². The quantitative estimate of drug-likeness (QED) is 0.439. The maximum absolute atomic E-state index is 12.7. The third-order valence-corrected chi connectivity index (χ3v) is 5.79. The number of hydrogen-bond donors (Lipinski definition) is 1. The Morgan fingerprint density at radius 2 is 1.83 bits per heavy atom. The molecule has 0 saturated carbocycles. The van der Waals surface area contributed by atoms with E-state index in [0.29, 0.717) is 23.6 Å². The second kappa shape index (κ2) is 9.57. The second-order valence-corrected chi connectivity index (χ2v) is 7.97. The Morgan fingerprint density at radius 1 is 1.14 bits per heavy atom. The third kappa shape index (κ3) is 4.89. The molecule has 0 saturated heterocycles. The monoisotopic (exact) mass is 451 g/mol. The molecule has 0 bridgehead atoms. The minimum absolute atomic E-state index is 0.210. The van der Waals surface area contributed by atoms with Crippen LogP contribution in [0.25, 0.3) is 11.0 Å². The molecule has 8 heteroatoms. The largest absolute Gasteiger partial charge is 0.465 e.